The molecule has 0 spiro atoms. The van der Waals surface area contributed by atoms with Crippen molar-refractivity contribution in [2.45, 2.75) is 19.9 Å². The van der Waals surface area contributed by atoms with Gasteiger partial charge in [0.1, 0.15) is 6.54 Å². The Labute approximate surface area is 134 Å². The molecular weight excluding hydrogens is 335 g/mol. The minimum atomic E-state index is -0.453. The average Bonchev–Trinajstić information content (AvgIpc) is 2.76. The summed E-state index contributed by atoms with van der Waals surface area (Å²) in [4.78, 5) is 27.5. The predicted octanol–water partition coefficient (Wildman–Crippen LogP) is 3.02. The quantitative estimate of drug-likeness (QED) is 0.802. The summed E-state index contributed by atoms with van der Waals surface area (Å²) in [7, 11) is 1.30. The number of benzene rings is 1. The van der Waals surface area contributed by atoms with E-state index in [4.69, 9.17) is 23.2 Å². The highest BCUT2D eigenvalue weighted by molar-refractivity contribution is 7.16. The van der Waals surface area contributed by atoms with Gasteiger partial charge in [0.25, 0.3) is 0 Å². The zero-order valence-electron chi connectivity index (χ0n) is 11.4. The van der Waals surface area contributed by atoms with E-state index in [1.54, 1.807) is 23.6 Å². The second-order valence-corrected chi connectivity index (χ2v) is 5.99. The largest absolute Gasteiger partial charge is 0.468 e. The lowest BCUT2D eigenvalue weighted by Gasteiger charge is -2.05. The van der Waals surface area contributed by atoms with Gasteiger partial charge < -0.3 is 9.30 Å². The minimum absolute atomic E-state index is 0.0757. The maximum atomic E-state index is 11.6. The molecule has 0 saturated heterocycles. The highest BCUT2D eigenvalue weighted by atomic mass is 35.5. The average molecular weight is 347 g/mol. The maximum absolute atomic E-state index is 11.6. The van der Waals surface area contributed by atoms with E-state index in [1.165, 1.54) is 18.4 Å². The van der Waals surface area contributed by atoms with Crippen molar-refractivity contribution in [2.24, 2.45) is 4.99 Å². The molecule has 0 aliphatic rings. The van der Waals surface area contributed by atoms with Crippen LogP contribution in [0.25, 0.3) is 10.2 Å². The molecule has 0 saturated carbocycles. The molecule has 21 heavy (non-hydrogen) atoms. The van der Waals surface area contributed by atoms with Crippen molar-refractivity contribution in [3.8, 4) is 0 Å². The summed E-state index contributed by atoms with van der Waals surface area (Å²) in [5.74, 6) is -0.728. The monoisotopic (exact) mass is 346 g/mol. The number of thiazole rings is 1. The van der Waals surface area contributed by atoms with Crippen molar-refractivity contribution in [2.75, 3.05) is 7.11 Å². The van der Waals surface area contributed by atoms with E-state index in [0.717, 1.165) is 4.70 Å². The molecule has 1 heterocycles. The van der Waals surface area contributed by atoms with Gasteiger partial charge in [-0.05, 0) is 12.1 Å². The molecule has 0 N–H and O–H groups in total. The maximum Gasteiger partial charge on any atom is 0.325 e. The Kier molecular flexibility index (Phi) is 5.03. The molecule has 1 aromatic carbocycles. The van der Waals surface area contributed by atoms with Crippen LogP contribution in [0.15, 0.2) is 17.1 Å². The van der Waals surface area contributed by atoms with E-state index >= 15 is 0 Å². The Morgan fingerprint density at radius 2 is 2.10 bits per heavy atom. The molecule has 2 aromatic rings. The lowest BCUT2D eigenvalue weighted by Crippen LogP contribution is -2.22. The van der Waals surface area contributed by atoms with Crippen LogP contribution in [-0.4, -0.2) is 23.6 Å². The molecule has 1 aromatic heterocycles. The third-order valence-electron chi connectivity index (χ3n) is 2.73. The summed E-state index contributed by atoms with van der Waals surface area (Å²) >= 11 is 13.4. The van der Waals surface area contributed by atoms with E-state index in [1.807, 2.05) is 0 Å². The van der Waals surface area contributed by atoms with Gasteiger partial charge in [0, 0.05) is 11.4 Å². The first-order valence-electron chi connectivity index (χ1n) is 6.09. The molecule has 0 radical (unpaired) electrons. The molecule has 112 valence electrons. The van der Waals surface area contributed by atoms with Crippen LogP contribution in [0, 0.1) is 0 Å². The number of halogens is 2. The van der Waals surface area contributed by atoms with Gasteiger partial charge >= 0.3 is 5.97 Å². The van der Waals surface area contributed by atoms with Crippen LogP contribution in [0.5, 0.6) is 0 Å². The van der Waals surface area contributed by atoms with Crippen molar-refractivity contribution in [1.29, 1.82) is 0 Å². The number of carbonyl (C=O) groups is 2. The number of amides is 1. The first-order valence-corrected chi connectivity index (χ1v) is 7.66. The van der Waals surface area contributed by atoms with Gasteiger partial charge in [-0.25, -0.2) is 0 Å². The van der Waals surface area contributed by atoms with Crippen molar-refractivity contribution >= 4 is 56.6 Å². The van der Waals surface area contributed by atoms with Gasteiger partial charge in [-0.3, -0.25) is 9.59 Å². The van der Waals surface area contributed by atoms with Crippen LogP contribution in [0.4, 0.5) is 0 Å². The number of esters is 1. The van der Waals surface area contributed by atoms with Gasteiger partial charge in [0.05, 0.1) is 22.3 Å². The first kappa shape index (κ1) is 16.0. The summed E-state index contributed by atoms with van der Waals surface area (Å²) in [6.07, 6.45) is 0.279. The molecule has 0 atom stereocenters. The fraction of sp³-hybridized carbons (Fsp3) is 0.308. The number of hydrogen-bond donors (Lipinski definition) is 0. The smallest absolute Gasteiger partial charge is 0.325 e. The number of carbonyl (C=O) groups excluding carboxylic acids is 2. The molecule has 0 aliphatic heterocycles. The highest BCUT2D eigenvalue weighted by Gasteiger charge is 2.14. The summed E-state index contributed by atoms with van der Waals surface area (Å²) in [6, 6.07) is 3.30. The first-order chi connectivity index (χ1) is 9.96. The van der Waals surface area contributed by atoms with E-state index in [-0.39, 0.29) is 18.9 Å². The third kappa shape index (κ3) is 3.45. The lowest BCUT2D eigenvalue weighted by molar-refractivity contribution is -0.141. The molecule has 0 aliphatic carbocycles. The number of aromatic nitrogens is 1. The van der Waals surface area contributed by atoms with Gasteiger partial charge in [-0.2, -0.15) is 4.99 Å². The normalized spacial score (nSPS) is 11.9. The van der Waals surface area contributed by atoms with Crippen LogP contribution in [-0.2, 0) is 20.9 Å². The topological polar surface area (TPSA) is 60.7 Å². The molecule has 2 rings (SSSR count). The zero-order chi connectivity index (χ0) is 15.6. The molecular formula is C13H12Cl2N2O3S. The van der Waals surface area contributed by atoms with E-state index in [9.17, 15) is 9.59 Å². The lowest BCUT2D eigenvalue weighted by atomic mass is 10.3. The van der Waals surface area contributed by atoms with Crippen molar-refractivity contribution in [3.05, 3.63) is 27.0 Å². The number of fused-ring (bicyclic) bond motifs is 1. The molecule has 0 fully saturated rings. The fourth-order valence-electron chi connectivity index (χ4n) is 1.74. The summed E-state index contributed by atoms with van der Waals surface area (Å²) in [6.45, 7) is 1.64. The number of hydrogen-bond acceptors (Lipinski definition) is 4. The van der Waals surface area contributed by atoms with Crippen LogP contribution in [0.3, 0.4) is 0 Å². The third-order valence-corrected chi connectivity index (χ3v) is 4.26. The fourth-order valence-corrected chi connectivity index (χ4v) is 3.57. The van der Waals surface area contributed by atoms with Crippen LogP contribution < -0.4 is 4.80 Å². The molecule has 1 amide bonds. The number of methoxy groups -OCH3 is 1. The van der Waals surface area contributed by atoms with Crippen LogP contribution in [0.1, 0.15) is 13.3 Å². The summed E-state index contributed by atoms with van der Waals surface area (Å²) in [5, 5.41) is 0.871. The van der Waals surface area contributed by atoms with Crippen LogP contribution in [0.2, 0.25) is 10.0 Å². The Balaban J connectivity index is 2.75. The summed E-state index contributed by atoms with van der Waals surface area (Å²) < 4.78 is 6.99. The number of nitrogens with zero attached hydrogens (tertiary/aromatic N) is 2. The Morgan fingerprint density at radius 3 is 2.71 bits per heavy atom. The van der Waals surface area contributed by atoms with E-state index in [0.29, 0.717) is 20.4 Å². The highest BCUT2D eigenvalue weighted by Crippen LogP contribution is 2.29. The van der Waals surface area contributed by atoms with Crippen molar-refractivity contribution < 1.29 is 14.3 Å². The minimum Gasteiger partial charge on any atom is -0.468 e. The van der Waals surface area contributed by atoms with Gasteiger partial charge in [0.2, 0.25) is 5.91 Å². The number of rotatable bonds is 3. The SMILES string of the molecule is CCC(=O)N=c1sc2cc(Cl)cc(Cl)c2n1CC(=O)OC. The second kappa shape index (κ2) is 6.60. The van der Waals surface area contributed by atoms with Crippen LogP contribution >= 0.6 is 34.5 Å². The summed E-state index contributed by atoms with van der Waals surface area (Å²) in [5.41, 5.74) is 0.610. The molecule has 5 nitrogen and oxygen atoms in total. The number of ether oxygens (including phenoxy) is 1. The van der Waals surface area contributed by atoms with E-state index < -0.39 is 5.97 Å². The predicted molar refractivity (Wildman–Crippen MR) is 82.7 cm³/mol. The van der Waals surface area contributed by atoms with Crippen molar-refractivity contribution in [3.63, 3.8) is 0 Å². The molecule has 8 heteroatoms. The van der Waals surface area contributed by atoms with Gasteiger partial charge in [-0.1, -0.05) is 41.5 Å². The Morgan fingerprint density at radius 1 is 1.38 bits per heavy atom. The standard InChI is InChI=1S/C13H12Cl2N2O3S/c1-3-10(18)16-13-17(6-11(19)20-2)12-8(15)4-7(14)5-9(12)21-13/h4-5H,3,6H2,1-2H3. The molecule has 0 unspecified atom stereocenters. The van der Waals surface area contributed by atoms with Gasteiger partial charge in [0.15, 0.2) is 4.80 Å². The van der Waals surface area contributed by atoms with E-state index in [2.05, 4.69) is 9.73 Å². The Bertz CT molecular complexity index is 780. The zero-order valence-corrected chi connectivity index (χ0v) is 13.7. The Hall–Kier alpha value is -1.37. The van der Waals surface area contributed by atoms with Gasteiger partial charge in [-0.15, -0.1) is 0 Å². The van der Waals surface area contributed by atoms with Crippen molar-refractivity contribution in [1.82, 2.24) is 4.57 Å². The molecule has 0 bridgehead atoms. The second-order valence-electron chi connectivity index (χ2n) is 4.14.